The number of nitrogens with zero attached hydrogens (tertiary/aromatic N) is 2. The molecule has 18 heavy (non-hydrogen) atoms. The number of hydrogen-bond acceptors (Lipinski definition) is 4. The van der Waals surface area contributed by atoms with E-state index in [0.717, 1.165) is 0 Å². The van der Waals surface area contributed by atoms with Gasteiger partial charge >= 0.3 is 0 Å². The Morgan fingerprint density at radius 2 is 1.17 bits per heavy atom. The molecule has 0 atom stereocenters. The third-order valence-electron chi connectivity index (χ3n) is 1.86. The fourth-order valence-corrected chi connectivity index (χ4v) is 1.11. The molecule has 0 aromatic carbocycles. The van der Waals surface area contributed by atoms with E-state index in [9.17, 15) is 9.59 Å². The first-order chi connectivity index (χ1) is 8.86. The van der Waals surface area contributed by atoms with E-state index in [0.29, 0.717) is 11.4 Å². The molecule has 0 saturated carbocycles. The van der Waals surface area contributed by atoms with Crippen molar-refractivity contribution in [3.8, 4) is 0 Å². The van der Waals surface area contributed by atoms with Gasteiger partial charge in [0.2, 0.25) is 12.2 Å². The van der Waals surface area contributed by atoms with Crippen LogP contribution in [0.15, 0.2) is 82.1 Å². The lowest BCUT2D eigenvalue weighted by atomic mass is 10.2. The molecule has 0 heterocycles. The topological polar surface area (TPSA) is 58.9 Å². The molecular weight excluding hydrogens is 228 g/mol. The van der Waals surface area contributed by atoms with Gasteiger partial charge in [0.05, 0.1) is 11.4 Å². The lowest BCUT2D eigenvalue weighted by Gasteiger charge is -1.89. The molecule has 0 unspecified atom stereocenters. The van der Waals surface area contributed by atoms with E-state index in [1.807, 2.05) is 0 Å². The Hall–Kier alpha value is -2.80. The molecule has 1 aliphatic rings. The van der Waals surface area contributed by atoms with E-state index < -0.39 is 0 Å². The van der Waals surface area contributed by atoms with Crippen LogP contribution in [-0.4, -0.2) is 12.2 Å². The fourth-order valence-electron chi connectivity index (χ4n) is 1.11. The van der Waals surface area contributed by atoms with Crippen LogP contribution in [0.4, 0.5) is 0 Å². The second kappa shape index (κ2) is 8.36. The fraction of sp³-hybridized carbons (Fsp3) is 0. The van der Waals surface area contributed by atoms with Gasteiger partial charge in [-0.2, -0.15) is 9.98 Å². The van der Waals surface area contributed by atoms with E-state index in [1.54, 1.807) is 60.8 Å². The number of hydrogen-bond donors (Lipinski definition) is 0. The lowest BCUT2D eigenvalue weighted by Crippen LogP contribution is -1.73. The Bertz CT molecular complexity index is 547. The van der Waals surface area contributed by atoms with Crippen molar-refractivity contribution in [1.29, 1.82) is 0 Å². The second-order valence-corrected chi connectivity index (χ2v) is 3.08. The first-order valence-electron chi connectivity index (χ1n) is 5.12. The molecular formula is C14H10N2O2. The third kappa shape index (κ3) is 5.33. The van der Waals surface area contributed by atoms with Crippen LogP contribution in [0.5, 0.6) is 0 Å². The first-order valence-corrected chi connectivity index (χ1v) is 5.12. The average Bonchev–Trinajstić information content (AvgIpc) is 2.35. The zero-order chi connectivity index (χ0) is 13.1. The summed E-state index contributed by atoms with van der Waals surface area (Å²) in [5, 5.41) is 0. The molecule has 4 nitrogen and oxygen atoms in total. The maximum absolute atomic E-state index is 10.2. The number of aliphatic imine (C=N–C) groups is 2. The number of allylic oxidation sites excluding steroid dienone is 10. The SMILES string of the molecule is O=C=NC1=C\C=C/C(N=C=O)=C/C=C\C=C/C=C1. The highest BCUT2D eigenvalue weighted by Gasteiger charge is 1.87. The van der Waals surface area contributed by atoms with Crippen molar-refractivity contribution in [2.75, 3.05) is 0 Å². The van der Waals surface area contributed by atoms with Gasteiger partial charge in [-0.05, 0) is 24.3 Å². The van der Waals surface area contributed by atoms with E-state index in [1.165, 1.54) is 12.2 Å². The Labute approximate surface area is 104 Å². The molecule has 0 aromatic rings. The molecule has 1 rings (SSSR count). The maximum Gasteiger partial charge on any atom is 0.240 e. The highest BCUT2D eigenvalue weighted by atomic mass is 16.1. The van der Waals surface area contributed by atoms with Crippen molar-refractivity contribution in [3.05, 3.63) is 72.2 Å². The summed E-state index contributed by atoms with van der Waals surface area (Å²) in [6.45, 7) is 0. The van der Waals surface area contributed by atoms with Crippen LogP contribution in [-0.2, 0) is 9.59 Å². The van der Waals surface area contributed by atoms with Crippen molar-refractivity contribution < 1.29 is 9.59 Å². The van der Waals surface area contributed by atoms with Crippen LogP contribution in [0.1, 0.15) is 0 Å². The highest BCUT2D eigenvalue weighted by molar-refractivity contribution is 5.43. The van der Waals surface area contributed by atoms with E-state index >= 15 is 0 Å². The quantitative estimate of drug-likeness (QED) is 0.548. The van der Waals surface area contributed by atoms with Crippen molar-refractivity contribution >= 4 is 12.2 Å². The van der Waals surface area contributed by atoms with E-state index in [-0.39, 0.29) is 0 Å². The largest absolute Gasteiger partial charge is 0.240 e. The van der Waals surface area contributed by atoms with Crippen molar-refractivity contribution in [2.45, 2.75) is 0 Å². The first kappa shape index (κ1) is 13.3. The molecule has 0 saturated heterocycles. The molecule has 0 N–H and O–H groups in total. The zero-order valence-corrected chi connectivity index (χ0v) is 9.48. The Balaban J connectivity index is 3.12. The Morgan fingerprint density at radius 1 is 0.667 bits per heavy atom. The van der Waals surface area contributed by atoms with Gasteiger partial charge in [-0.1, -0.05) is 36.5 Å². The molecule has 1 aliphatic carbocycles. The minimum atomic E-state index is 0.449. The third-order valence-corrected chi connectivity index (χ3v) is 1.86. The summed E-state index contributed by atoms with van der Waals surface area (Å²) in [6, 6.07) is 0. The summed E-state index contributed by atoms with van der Waals surface area (Å²) in [4.78, 5) is 27.5. The predicted molar refractivity (Wildman–Crippen MR) is 69.0 cm³/mol. The molecule has 4 heteroatoms. The van der Waals surface area contributed by atoms with Gasteiger partial charge in [0.1, 0.15) is 0 Å². The van der Waals surface area contributed by atoms with Crippen molar-refractivity contribution in [3.63, 3.8) is 0 Å². The van der Waals surface area contributed by atoms with Gasteiger partial charge in [0.15, 0.2) is 0 Å². The second-order valence-electron chi connectivity index (χ2n) is 3.08. The molecule has 0 bridgehead atoms. The van der Waals surface area contributed by atoms with Crippen LogP contribution < -0.4 is 0 Å². The lowest BCUT2D eigenvalue weighted by molar-refractivity contribution is 0.564. The van der Waals surface area contributed by atoms with E-state index in [4.69, 9.17) is 0 Å². The van der Waals surface area contributed by atoms with Gasteiger partial charge < -0.3 is 0 Å². The summed E-state index contributed by atoms with van der Waals surface area (Å²) >= 11 is 0. The van der Waals surface area contributed by atoms with Crippen LogP contribution in [0.25, 0.3) is 0 Å². The van der Waals surface area contributed by atoms with E-state index in [2.05, 4.69) is 9.98 Å². The molecule has 0 amide bonds. The van der Waals surface area contributed by atoms with Crippen LogP contribution >= 0.6 is 0 Å². The van der Waals surface area contributed by atoms with Crippen molar-refractivity contribution in [1.82, 2.24) is 0 Å². The number of carbonyl (C=O) groups excluding carboxylic acids is 2. The van der Waals surface area contributed by atoms with Crippen LogP contribution in [0, 0.1) is 0 Å². The zero-order valence-electron chi connectivity index (χ0n) is 9.48. The van der Waals surface area contributed by atoms with Gasteiger partial charge in [-0.25, -0.2) is 9.59 Å². The average molecular weight is 238 g/mol. The smallest absolute Gasteiger partial charge is 0.211 e. The summed E-state index contributed by atoms with van der Waals surface area (Å²) in [5.74, 6) is 0. The number of isocyanates is 2. The highest BCUT2D eigenvalue weighted by Crippen LogP contribution is 2.04. The Kier molecular flexibility index (Phi) is 6.16. The molecule has 0 spiro atoms. The minimum absolute atomic E-state index is 0.449. The predicted octanol–water partition coefficient (Wildman–Crippen LogP) is 2.66. The molecule has 88 valence electrons. The maximum atomic E-state index is 10.2. The summed E-state index contributed by atoms with van der Waals surface area (Å²) in [5.41, 5.74) is 0.898. The van der Waals surface area contributed by atoms with Gasteiger partial charge in [0, 0.05) is 0 Å². The monoisotopic (exact) mass is 238 g/mol. The Morgan fingerprint density at radius 3 is 1.83 bits per heavy atom. The molecule has 0 aromatic heterocycles. The normalized spacial score (nSPS) is 22.7. The molecule has 0 radical (unpaired) electrons. The minimum Gasteiger partial charge on any atom is -0.211 e. The summed E-state index contributed by atoms with van der Waals surface area (Å²) < 4.78 is 0. The number of rotatable bonds is 2. The molecule has 0 fully saturated rings. The summed E-state index contributed by atoms with van der Waals surface area (Å²) in [7, 11) is 0. The van der Waals surface area contributed by atoms with Gasteiger partial charge in [-0.3, -0.25) is 0 Å². The standard InChI is InChI=1S/C14H10N2O2/c17-11-15-13-7-4-2-1-3-5-8-14(16-12-18)10-6-9-13/h1-10H/b2-1-,3-1?,4-2?,5-3-,7-4?,8-5?,9-6?,10-6-,13-7?,13-9?,14-8-,14-10?. The van der Waals surface area contributed by atoms with Crippen molar-refractivity contribution in [2.24, 2.45) is 9.98 Å². The summed E-state index contributed by atoms with van der Waals surface area (Å²) in [6.07, 6.45) is 20.0. The molecule has 0 aliphatic heterocycles. The van der Waals surface area contributed by atoms with Gasteiger partial charge in [0.25, 0.3) is 0 Å². The van der Waals surface area contributed by atoms with Gasteiger partial charge in [-0.15, -0.1) is 0 Å². The van der Waals surface area contributed by atoms with Crippen LogP contribution in [0.3, 0.4) is 0 Å². The van der Waals surface area contributed by atoms with Crippen LogP contribution in [0.2, 0.25) is 0 Å².